The normalized spacial score (nSPS) is 21.3. The highest BCUT2D eigenvalue weighted by molar-refractivity contribution is 9.10. The Labute approximate surface area is 105 Å². The lowest BCUT2D eigenvalue weighted by atomic mass is 10.2. The molecule has 0 spiro atoms. The fourth-order valence-corrected chi connectivity index (χ4v) is 2.32. The highest BCUT2D eigenvalue weighted by Gasteiger charge is 2.22. The van der Waals surface area contributed by atoms with Crippen molar-refractivity contribution in [1.82, 2.24) is 14.9 Å². The summed E-state index contributed by atoms with van der Waals surface area (Å²) in [5.74, 6) is 0.795. The molecule has 0 bridgehead atoms. The van der Waals surface area contributed by atoms with Gasteiger partial charge in [-0.1, -0.05) is 0 Å². The van der Waals surface area contributed by atoms with Crippen molar-refractivity contribution in [2.75, 3.05) is 32.1 Å². The second-order valence-electron chi connectivity index (χ2n) is 4.36. The quantitative estimate of drug-likeness (QED) is 0.847. The van der Waals surface area contributed by atoms with Gasteiger partial charge in [0.2, 0.25) is 5.95 Å². The van der Waals surface area contributed by atoms with Gasteiger partial charge in [0.15, 0.2) is 0 Å². The van der Waals surface area contributed by atoms with Gasteiger partial charge in [-0.15, -0.1) is 0 Å². The topological polar surface area (TPSA) is 32.3 Å². The van der Waals surface area contributed by atoms with E-state index in [2.05, 4.69) is 49.8 Å². The predicted octanol–water partition coefficient (Wildman–Crippen LogP) is 1.77. The molecule has 4 nitrogen and oxygen atoms in total. The minimum absolute atomic E-state index is 0.636. The molecule has 0 saturated carbocycles. The molecule has 2 rings (SSSR count). The zero-order valence-corrected chi connectivity index (χ0v) is 11.3. The summed E-state index contributed by atoms with van der Waals surface area (Å²) in [5.41, 5.74) is 0. The van der Waals surface area contributed by atoms with Crippen LogP contribution in [0.5, 0.6) is 0 Å². The fourth-order valence-electron chi connectivity index (χ4n) is 2.11. The van der Waals surface area contributed by atoms with E-state index in [0.29, 0.717) is 6.04 Å². The minimum Gasteiger partial charge on any atom is -0.342 e. The van der Waals surface area contributed by atoms with Crippen molar-refractivity contribution < 1.29 is 0 Å². The molecule has 1 aliphatic heterocycles. The maximum Gasteiger partial charge on any atom is 0.225 e. The first kappa shape index (κ1) is 11.8. The van der Waals surface area contributed by atoms with Crippen LogP contribution in [0.25, 0.3) is 0 Å². The summed E-state index contributed by atoms with van der Waals surface area (Å²) in [7, 11) is 4.24. The third-order valence-corrected chi connectivity index (χ3v) is 3.51. The molecule has 88 valence electrons. The van der Waals surface area contributed by atoms with E-state index in [0.717, 1.165) is 17.0 Å². The second-order valence-corrected chi connectivity index (χ2v) is 5.27. The molecular formula is C11H17BrN4. The molecule has 1 atom stereocenters. The summed E-state index contributed by atoms with van der Waals surface area (Å²) in [4.78, 5) is 13.1. The van der Waals surface area contributed by atoms with Crippen LogP contribution in [0.3, 0.4) is 0 Å². The molecule has 16 heavy (non-hydrogen) atoms. The van der Waals surface area contributed by atoms with Crippen molar-refractivity contribution >= 4 is 21.9 Å². The van der Waals surface area contributed by atoms with Crippen LogP contribution in [0.15, 0.2) is 16.9 Å². The smallest absolute Gasteiger partial charge is 0.225 e. The number of likely N-dealkylation sites (N-methyl/N-ethyl adjacent to an activating group) is 2. The Bertz CT molecular complexity index is 340. The number of halogens is 1. The average Bonchev–Trinajstić information content (AvgIpc) is 2.65. The van der Waals surface area contributed by atoms with Crippen LogP contribution < -0.4 is 4.90 Å². The lowest BCUT2D eigenvalue weighted by Gasteiger charge is -2.25. The van der Waals surface area contributed by atoms with Crippen molar-refractivity contribution in [3.8, 4) is 0 Å². The van der Waals surface area contributed by atoms with E-state index in [1.807, 2.05) is 0 Å². The van der Waals surface area contributed by atoms with Crippen LogP contribution in [-0.4, -0.2) is 48.1 Å². The van der Waals surface area contributed by atoms with E-state index in [-0.39, 0.29) is 0 Å². The number of aromatic nitrogens is 2. The van der Waals surface area contributed by atoms with E-state index in [4.69, 9.17) is 0 Å². The third kappa shape index (κ3) is 2.71. The summed E-state index contributed by atoms with van der Waals surface area (Å²) in [5, 5.41) is 0. The monoisotopic (exact) mass is 284 g/mol. The van der Waals surface area contributed by atoms with Crippen molar-refractivity contribution in [3.63, 3.8) is 0 Å². The molecule has 0 amide bonds. The Morgan fingerprint density at radius 2 is 2.19 bits per heavy atom. The third-order valence-electron chi connectivity index (χ3n) is 3.10. The molecule has 1 aliphatic rings. The number of nitrogens with zero attached hydrogens (tertiary/aromatic N) is 4. The van der Waals surface area contributed by atoms with Gasteiger partial charge in [0.25, 0.3) is 0 Å². The first-order valence-electron chi connectivity index (χ1n) is 5.56. The van der Waals surface area contributed by atoms with Crippen LogP contribution in [0.4, 0.5) is 5.95 Å². The lowest BCUT2D eigenvalue weighted by Crippen LogP contribution is -2.37. The summed E-state index contributed by atoms with van der Waals surface area (Å²) < 4.78 is 0.919. The Kier molecular flexibility index (Phi) is 3.76. The van der Waals surface area contributed by atoms with Crippen molar-refractivity contribution in [2.24, 2.45) is 0 Å². The SMILES string of the molecule is CN(CC1CCCN1C)c1ncc(Br)cn1. The van der Waals surface area contributed by atoms with Gasteiger partial charge in [-0.3, -0.25) is 0 Å². The van der Waals surface area contributed by atoms with Gasteiger partial charge in [-0.2, -0.15) is 0 Å². The van der Waals surface area contributed by atoms with Gasteiger partial charge in [-0.25, -0.2) is 9.97 Å². The van der Waals surface area contributed by atoms with Gasteiger partial charge in [0.1, 0.15) is 0 Å². The van der Waals surface area contributed by atoms with Crippen LogP contribution in [0.2, 0.25) is 0 Å². The maximum absolute atomic E-state index is 4.29. The minimum atomic E-state index is 0.636. The zero-order valence-electron chi connectivity index (χ0n) is 9.73. The van der Waals surface area contributed by atoms with E-state index in [1.54, 1.807) is 12.4 Å². The molecule has 0 aromatic carbocycles. The number of hydrogen-bond acceptors (Lipinski definition) is 4. The highest BCUT2D eigenvalue weighted by atomic mass is 79.9. The largest absolute Gasteiger partial charge is 0.342 e. The van der Waals surface area contributed by atoms with Crippen molar-refractivity contribution in [2.45, 2.75) is 18.9 Å². The Balaban J connectivity index is 1.97. The molecule has 0 radical (unpaired) electrons. The molecular weight excluding hydrogens is 268 g/mol. The number of anilines is 1. The predicted molar refractivity (Wildman–Crippen MR) is 68.7 cm³/mol. The van der Waals surface area contributed by atoms with E-state index >= 15 is 0 Å². The summed E-state index contributed by atoms with van der Waals surface area (Å²) in [6, 6.07) is 0.636. The standard InChI is InChI=1S/C11H17BrN4/c1-15-5-3-4-10(15)8-16(2)11-13-6-9(12)7-14-11/h6-7,10H,3-5,8H2,1-2H3. The first-order valence-corrected chi connectivity index (χ1v) is 6.35. The number of rotatable bonds is 3. The van der Waals surface area contributed by atoms with Crippen molar-refractivity contribution in [3.05, 3.63) is 16.9 Å². The molecule has 0 N–H and O–H groups in total. The Hall–Kier alpha value is -0.680. The van der Waals surface area contributed by atoms with Crippen LogP contribution in [0, 0.1) is 0 Å². The summed E-state index contributed by atoms with van der Waals surface area (Å²) in [6.45, 7) is 2.21. The number of likely N-dealkylation sites (tertiary alicyclic amines) is 1. The van der Waals surface area contributed by atoms with Crippen molar-refractivity contribution in [1.29, 1.82) is 0 Å². The molecule has 2 heterocycles. The van der Waals surface area contributed by atoms with Gasteiger partial charge < -0.3 is 9.80 Å². The maximum atomic E-state index is 4.29. The Morgan fingerprint density at radius 1 is 1.50 bits per heavy atom. The fraction of sp³-hybridized carbons (Fsp3) is 0.636. The van der Waals surface area contributed by atoms with Gasteiger partial charge in [0, 0.05) is 32.0 Å². The van der Waals surface area contributed by atoms with Crippen LogP contribution in [0.1, 0.15) is 12.8 Å². The highest BCUT2D eigenvalue weighted by Crippen LogP contribution is 2.17. The zero-order chi connectivity index (χ0) is 11.5. The summed E-state index contributed by atoms with van der Waals surface area (Å²) in [6.07, 6.45) is 6.15. The molecule has 1 saturated heterocycles. The first-order chi connectivity index (χ1) is 7.66. The van der Waals surface area contributed by atoms with Gasteiger partial charge in [-0.05, 0) is 42.4 Å². The summed E-state index contributed by atoms with van der Waals surface area (Å²) >= 11 is 3.34. The van der Waals surface area contributed by atoms with Crippen LogP contribution in [-0.2, 0) is 0 Å². The van der Waals surface area contributed by atoms with Gasteiger partial charge >= 0.3 is 0 Å². The second kappa shape index (κ2) is 5.10. The van der Waals surface area contributed by atoms with E-state index < -0.39 is 0 Å². The Morgan fingerprint density at radius 3 is 2.75 bits per heavy atom. The molecule has 1 aromatic rings. The van der Waals surface area contributed by atoms with E-state index in [9.17, 15) is 0 Å². The van der Waals surface area contributed by atoms with E-state index in [1.165, 1.54) is 19.4 Å². The number of hydrogen-bond donors (Lipinski definition) is 0. The molecule has 5 heteroatoms. The lowest BCUT2D eigenvalue weighted by molar-refractivity contribution is 0.313. The molecule has 1 aromatic heterocycles. The van der Waals surface area contributed by atoms with Crippen LogP contribution >= 0.6 is 15.9 Å². The average molecular weight is 285 g/mol. The molecule has 1 unspecified atom stereocenters. The van der Waals surface area contributed by atoms with Gasteiger partial charge in [0.05, 0.1) is 4.47 Å². The molecule has 1 fully saturated rings. The molecule has 0 aliphatic carbocycles.